The van der Waals surface area contributed by atoms with Gasteiger partial charge in [0.25, 0.3) is 0 Å². The van der Waals surface area contributed by atoms with Crippen molar-refractivity contribution in [2.24, 2.45) is 5.41 Å². The van der Waals surface area contributed by atoms with Crippen LogP contribution in [0.2, 0.25) is 0 Å². The molecule has 7 heteroatoms. The number of benzene rings is 1. The molecule has 118 valence electrons. The summed E-state index contributed by atoms with van der Waals surface area (Å²) in [4.78, 5) is 12.0. The zero-order valence-corrected chi connectivity index (χ0v) is 17.0. The molecule has 0 aliphatic carbocycles. The molecular weight excluding hydrogens is 331 g/mol. The van der Waals surface area contributed by atoms with Crippen LogP contribution >= 0.6 is 24.1 Å². The van der Waals surface area contributed by atoms with Gasteiger partial charge in [0.1, 0.15) is 6.61 Å². The number of hydrogen-bond acceptors (Lipinski definition) is 6. The Morgan fingerprint density at radius 1 is 1.23 bits per heavy atom. The molecule has 0 saturated carbocycles. The summed E-state index contributed by atoms with van der Waals surface area (Å²) < 4.78 is 20.9. The van der Waals surface area contributed by atoms with Crippen molar-refractivity contribution in [3.8, 4) is 0 Å². The zero-order valence-electron chi connectivity index (χ0n) is 13.4. The second-order valence-electron chi connectivity index (χ2n) is 5.21. The van der Waals surface area contributed by atoms with E-state index in [0.29, 0.717) is 17.8 Å². The van der Waals surface area contributed by atoms with Gasteiger partial charge in [-0.25, -0.2) is 0 Å². The fourth-order valence-corrected chi connectivity index (χ4v) is 2.61. The van der Waals surface area contributed by atoms with Crippen LogP contribution in [0.25, 0.3) is 0 Å². The first-order valence-corrected chi connectivity index (χ1v) is 8.59. The Labute approximate surface area is 163 Å². The van der Waals surface area contributed by atoms with Crippen LogP contribution in [0.4, 0.5) is 0 Å². The molecule has 0 N–H and O–H groups in total. The van der Waals surface area contributed by atoms with Crippen LogP contribution in [-0.4, -0.2) is 28.6 Å². The first kappa shape index (κ1) is 22.3. The molecule has 0 heterocycles. The van der Waals surface area contributed by atoms with Crippen molar-refractivity contribution >= 4 is 30.1 Å². The maximum atomic E-state index is 12.0. The molecular formula is C15H21NaO4S2. The summed E-state index contributed by atoms with van der Waals surface area (Å²) >= 11 is 1.87. The van der Waals surface area contributed by atoms with Crippen LogP contribution in [0.1, 0.15) is 25.8 Å². The van der Waals surface area contributed by atoms with Crippen molar-refractivity contribution in [1.82, 2.24) is 0 Å². The molecule has 0 fully saturated rings. The van der Waals surface area contributed by atoms with Gasteiger partial charge in [-0.05, 0) is 43.6 Å². The van der Waals surface area contributed by atoms with E-state index in [-0.39, 0.29) is 48.7 Å². The molecule has 0 aromatic heterocycles. The second-order valence-corrected chi connectivity index (χ2v) is 6.73. The Morgan fingerprint density at radius 3 is 2.55 bits per heavy atom. The van der Waals surface area contributed by atoms with Crippen molar-refractivity contribution < 1.29 is 47.8 Å². The number of carbonyl (C=O) groups is 1. The summed E-state index contributed by atoms with van der Waals surface area (Å²) in [5.41, 5.74) is 0.279. The van der Waals surface area contributed by atoms with E-state index in [2.05, 4.69) is 0 Å². The fraction of sp³-hybridized carbons (Fsp3) is 0.533. The fourth-order valence-electron chi connectivity index (χ4n) is 1.40. The van der Waals surface area contributed by atoms with Crippen LogP contribution in [0.15, 0.2) is 30.3 Å². The normalized spacial score (nSPS) is 10.9. The predicted molar refractivity (Wildman–Crippen MR) is 86.3 cm³/mol. The van der Waals surface area contributed by atoms with E-state index < -0.39 is 5.41 Å². The third-order valence-electron chi connectivity index (χ3n) is 2.72. The van der Waals surface area contributed by atoms with Gasteiger partial charge in [-0.3, -0.25) is 16.8 Å². The van der Waals surface area contributed by atoms with Crippen molar-refractivity contribution in [3.05, 3.63) is 35.9 Å². The average molecular weight is 352 g/mol. The number of hydrogen-bond donors (Lipinski definition) is 0. The van der Waals surface area contributed by atoms with Crippen molar-refractivity contribution in [2.45, 2.75) is 26.9 Å². The largest absolute Gasteiger partial charge is 1.00 e. The molecule has 1 rings (SSSR count). The summed E-state index contributed by atoms with van der Waals surface area (Å²) in [6, 6.07) is 9.58. The van der Waals surface area contributed by atoms with Crippen LogP contribution < -0.4 is 29.6 Å². The van der Waals surface area contributed by atoms with E-state index >= 15 is 0 Å². The third kappa shape index (κ3) is 9.45. The van der Waals surface area contributed by atoms with Gasteiger partial charge in [0.15, 0.2) is 0 Å². The standard InChI is InChI=1S/C15H22O4S2.Na/c1-15(2,12-19-21-10-6-9-20-17)14(16)18-11-13-7-4-3-5-8-13;/h3-5,7-8,17H,6,9-12H2,1-2H3;/q;+1/p-1. The molecule has 1 aromatic rings. The Balaban J connectivity index is 0.00000441. The molecule has 0 atom stereocenters. The molecule has 1 aromatic carbocycles. The maximum absolute atomic E-state index is 12.0. The number of rotatable bonds is 10. The van der Waals surface area contributed by atoms with Crippen LogP contribution in [0, 0.1) is 5.41 Å². The van der Waals surface area contributed by atoms with Gasteiger partial charge in [-0.2, -0.15) is 0 Å². The van der Waals surface area contributed by atoms with Gasteiger partial charge < -0.3 is 13.5 Å². The van der Waals surface area contributed by atoms with Gasteiger partial charge in [-0.1, -0.05) is 30.3 Å². The van der Waals surface area contributed by atoms with Gasteiger partial charge in [0.05, 0.1) is 12.0 Å². The van der Waals surface area contributed by atoms with E-state index in [1.165, 1.54) is 12.0 Å². The van der Waals surface area contributed by atoms with Crippen molar-refractivity contribution in [2.75, 3.05) is 18.1 Å². The second kappa shape index (κ2) is 12.7. The Hall–Kier alpha value is 0.310. The molecule has 0 saturated heterocycles. The van der Waals surface area contributed by atoms with Crippen LogP contribution in [0.3, 0.4) is 0 Å². The molecule has 22 heavy (non-hydrogen) atoms. The molecule has 4 nitrogen and oxygen atoms in total. The monoisotopic (exact) mass is 352 g/mol. The minimum Gasteiger partial charge on any atom is -0.799 e. The zero-order chi connectivity index (χ0) is 15.6. The summed E-state index contributed by atoms with van der Waals surface area (Å²) in [5, 5.41) is 0. The van der Waals surface area contributed by atoms with Crippen molar-refractivity contribution in [1.29, 1.82) is 0 Å². The summed E-state index contributed by atoms with van der Waals surface area (Å²) in [6.45, 7) is 4.16. The minimum absolute atomic E-state index is 0. The Morgan fingerprint density at radius 2 is 1.91 bits per heavy atom. The number of carbonyl (C=O) groups excluding carboxylic acids is 1. The molecule has 0 bridgehead atoms. The maximum Gasteiger partial charge on any atom is 1.00 e. The molecule has 0 aliphatic heterocycles. The summed E-state index contributed by atoms with van der Waals surface area (Å²) in [6.07, 6.45) is 0.803. The average Bonchev–Trinajstić information content (AvgIpc) is 2.49. The number of ether oxygens (including phenoxy) is 1. The Bertz CT molecular complexity index is 415. The van der Waals surface area contributed by atoms with Gasteiger partial charge >= 0.3 is 35.5 Å². The minimum atomic E-state index is -0.685. The topological polar surface area (TPSA) is 58.6 Å². The predicted octanol–water partition coefficient (Wildman–Crippen LogP) is 0.678. The van der Waals surface area contributed by atoms with Crippen molar-refractivity contribution in [3.63, 3.8) is 0 Å². The molecule has 0 radical (unpaired) electrons. The van der Waals surface area contributed by atoms with E-state index in [0.717, 1.165) is 17.7 Å². The van der Waals surface area contributed by atoms with E-state index in [1.807, 2.05) is 30.3 Å². The van der Waals surface area contributed by atoms with Gasteiger partial charge in [0, 0.05) is 5.75 Å². The third-order valence-corrected chi connectivity index (χ3v) is 3.92. The molecule has 0 aliphatic rings. The first-order chi connectivity index (χ1) is 10.1. The van der Waals surface area contributed by atoms with Gasteiger partial charge in [0.2, 0.25) is 0 Å². The number of esters is 1. The smallest absolute Gasteiger partial charge is 0.799 e. The summed E-state index contributed by atoms with van der Waals surface area (Å²) in [7, 11) is 0. The van der Waals surface area contributed by atoms with Crippen LogP contribution in [-0.2, 0) is 20.3 Å². The summed E-state index contributed by atoms with van der Waals surface area (Å²) in [5.74, 6) is 1.06. The van der Waals surface area contributed by atoms with E-state index in [1.54, 1.807) is 13.8 Å². The molecule has 0 unspecified atom stereocenters. The quantitative estimate of drug-likeness (QED) is 0.267. The first-order valence-electron chi connectivity index (χ1n) is 6.76. The van der Waals surface area contributed by atoms with Gasteiger partial charge in [-0.15, -0.1) is 0 Å². The van der Waals surface area contributed by atoms with E-state index in [4.69, 9.17) is 8.92 Å². The SMILES string of the molecule is CC(C)(COSCCCS[O-])C(=O)OCc1ccccc1.[Na+]. The molecule has 0 spiro atoms. The molecule has 0 amide bonds. The van der Waals surface area contributed by atoms with E-state index in [9.17, 15) is 9.35 Å². The Kier molecular flexibility index (Phi) is 12.9. The van der Waals surface area contributed by atoms with Crippen LogP contribution in [0.5, 0.6) is 0 Å².